The minimum absolute atomic E-state index is 0.0797. The summed E-state index contributed by atoms with van der Waals surface area (Å²) in [7, 11) is 0. The molecule has 0 radical (unpaired) electrons. The summed E-state index contributed by atoms with van der Waals surface area (Å²) in [5.74, 6) is 0.357. The van der Waals surface area contributed by atoms with E-state index in [0.717, 1.165) is 12.2 Å². The van der Waals surface area contributed by atoms with Gasteiger partial charge in [0.15, 0.2) is 0 Å². The van der Waals surface area contributed by atoms with Crippen molar-refractivity contribution in [1.29, 1.82) is 0 Å². The number of anilines is 1. The molecule has 0 bridgehead atoms. The van der Waals surface area contributed by atoms with Gasteiger partial charge in [0.25, 0.3) is 11.8 Å². The molecular weight excluding hydrogens is 434 g/mol. The van der Waals surface area contributed by atoms with E-state index >= 15 is 0 Å². The molecule has 0 aliphatic carbocycles. The number of carbonyl (C=O) groups is 3. The van der Waals surface area contributed by atoms with Crippen molar-refractivity contribution in [2.75, 3.05) is 18.5 Å². The number of hydrogen-bond donors (Lipinski definition) is 3. The number of hydrogen-bond acceptors (Lipinski definition) is 5. The molecule has 8 heteroatoms. The third-order valence-electron chi connectivity index (χ3n) is 4.68. The van der Waals surface area contributed by atoms with E-state index in [-0.39, 0.29) is 5.91 Å². The van der Waals surface area contributed by atoms with Crippen LogP contribution in [-0.4, -0.2) is 30.9 Å². The fraction of sp³-hybridized carbons (Fsp3) is 0.192. The number of para-hydroxylation sites is 1. The second-order valence-electron chi connectivity index (χ2n) is 7.32. The Morgan fingerprint density at radius 2 is 1.18 bits per heavy atom. The Morgan fingerprint density at radius 1 is 0.676 bits per heavy atom. The van der Waals surface area contributed by atoms with Gasteiger partial charge in [-0.25, -0.2) is 0 Å². The monoisotopic (exact) mass is 461 g/mol. The molecule has 0 atom stereocenters. The number of carbonyl (C=O) groups excluding carboxylic acids is 3. The lowest BCUT2D eigenvalue weighted by molar-refractivity contribution is -0.116. The van der Waals surface area contributed by atoms with Crippen molar-refractivity contribution in [3.63, 3.8) is 0 Å². The standard InChI is InChI=1S/C26H27N3O5/c1-2-6-24(30)27-21-13-9-19(10-14-21)25(31)28-29-26(32)20-11-15-23(16-12-20)34-18-17-33-22-7-4-3-5-8-22/h3-5,7-16H,2,6,17-18H2,1H3,(H,27,30)(H,28,31)(H,29,32). The maximum atomic E-state index is 12.3. The summed E-state index contributed by atoms with van der Waals surface area (Å²) in [5, 5.41) is 2.75. The van der Waals surface area contributed by atoms with Crippen LogP contribution in [0.15, 0.2) is 78.9 Å². The van der Waals surface area contributed by atoms with Crippen molar-refractivity contribution < 1.29 is 23.9 Å². The van der Waals surface area contributed by atoms with Gasteiger partial charge in [0.05, 0.1) is 0 Å². The van der Waals surface area contributed by atoms with E-state index in [9.17, 15) is 14.4 Å². The Labute approximate surface area is 198 Å². The lowest BCUT2D eigenvalue weighted by Crippen LogP contribution is -2.41. The van der Waals surface area contributed by atoms with Gasteiger partial charge in [-0.2, -0.15) is 0 Å². The zero-order valence-corrected chi connectivity index (χ0v) is 18.9. The molecule has 0 heterocycles. The second-order valence-corrected chi connectivity index (χ2v) is 7.32. The first-order valence-electron chi connectivity index (χ1n) is 11.0. The smallest absolute Gasteiger partial charge is 0.269 e. The van der Waals surface area contributed by atoms with E-state index in [1.807, 2.05) is 37.3 Å². The van der Waals surface area contributed by atoms with E-state index < -0.39 is 11.8 Å². The van der Waals surface area contributed by atoms with Crippen molar-refractivity contribution >= 4 is 23.4 Å². The lowest BCUT2D eigenvalue weighted by Gasteiger charge is -2.10. The summed E-state index contributed by atoms with van der Waals surface area (Å²) in [5.41, 5.74) is 6.07. The number of rotatable bonds is 10. The van der Waals surface area contributed by atoms with E-state index in [4.69, 9.17) is 9.47 Å². The van der Waals surface area contributed by atoms with Crippen LogP contribution in [0.4, 0.5) is 5.69 Å². The van der Waals surface area contributed by atoms with Gasteiger partial charge in [-0.3, -0.25) is 25.2 Å². The highest BCUT2D eigenvalue weighted by molar-refractivity contribution is 5.99. The van der Waals surface area contributed by atoms with E-state index in [1.54, 1.807) is 48.5 Å². The maximum absolute atomic E-state index is 12.3. The van der Waals surface area contributed by atoms with Crippen LogP contribution >= 0.6 is 0 Å². The SMILES string of the molecule is CCCC(=O)Nc1ccc(C(=O)NNC(=O)c2ccc(OCCOc3ccccc3)cc2)cc1. The first-order valence-corrected chi connectivity index (χ1v) is 11.0. The van der Waals surface area contributed by atoms with Crippen LogP contribution in [0.3, 0.4) is 0 Å². The zero-order chi connectivity index (χ0) is 24.2. The molecule has 0 unspecified atom stereocenters. The van der Waals surface area contributed by atoms with Gasteiger partial charge in [0.1, 0.15) is 24.7 Å². The molecular formula is C26H27N3O5. The zero-order valence-electron chi connectivity index (χ0n) is 18.9. The van der Waals surface area contributed by atoms with Crippen LogP contribution in [0.25, 0.3) is 0 Å². The van der Waals surface area contributed by atoms with Crippen molar-refractivity contribution in [3.05, 3.63) is 90.0 Å². The fourth-order valence-corrected chi connectivity index (χ4v) is 2.95. The first kappa shape index (κ1) is 24.3. The molecule has 0 aliphatic rings. The number of benzene rings is 3. The van der Waals surface area contributed by atoms with Gasteiger partial charge in [0.2, 0.25) is 5.91 Å². The van der Waals surface area contributed by atoms with Crippen molar-refractivity contribution in [1.82, 2.24) is 10.9 Å². The minimum Gasteiger partial charge on any atom is -0.490 e. The summed E-state index contributed by atoms with van der Waals surface area (Å²) in [6, 6.07) is 22.4. The molecule has 0 fully saturated rings. The van der Waals surface area contributed by atoms with E-state index in [2.05, 4.69) is 16.2 Å². The van der Waals surface area contributed by atoms with Crippen molar-refractivity contribution in [2.45, 2.75) is 19.8 Å². The van der Waals surface area contributed by atoms with Crippen LogP contribution in [0, 0.1) is 0 Å². The largest absolute Gasteiger partial charge is 0.490 e. The predicted octanol–water partition coefficient (Wildman–Crippen LogP) is 3.96. The molecule has 3 N–H and O–H groups in total. The average Bonchev–Trinajstić information content (AvgIpc) is 2.86. The van der Waals surface area contributed by atoms with E-state index in [0.29, 0.717) is 42.2 Å². The maximum Gasteiger partial charge on any atom is 0.269 e. The molecule has 0 saturated heterocycles. The molecule has 3 aromatic carbocycles. The quantitative estimate of drug-likeness (QED) is 0.313. The molecule has 3 aromatic rings. The van der Waals surface area contributed by atoms with Crippen molar-refractivity contribution in [3.8, 4) is 11.5 Å². The number of nitrogens with one attached hydrogen (secondary N) is 3. The van der Waals surface area contributed by atoms with Gasteiger partial charge in [-0.05, 0) is 67.1 Å². The van der Waals surface area contributed by atoms with Gasteiger partial charge < -0.3 is 14.8 Å². The summed E-state index contributed by atoms with van der Waals surface area (Å²) in [4.78, 5) is 36.2. The Bertz CT molecular complexity index is 1080. The topological polar surface area (TPSA) is 106 Å². The molecule has 8 nitrogen and oxygen atoms in total. The summed E-state index contributed by atoms with van der Waals surface area (Å²) in [6.07, 6.45) is 1.19. The molecule has 0 saturated carbocycles. The van der Waals surface area contributed by atoms with Gasteiger partial charge in [-0.1, -0.05) is 25.1 Å². The van der Waals surface area contributed by atoms with Gasteiger partial charge in [-0.15, -0.1) is 0 Å². The molecule has 176 valence electrons. The predicted molar refractivity (Wildman–Crippen MR) is 129 cm³/mol. The molecule has 0 aromatic heterocycles. The minimum atomic E-state index is -0.474. The molecule has 0 aliphatic heterocycles. The Morgan fingerprint density at radius 3 is 1.71 bits per heavy atom. The molecule has 3 rings (SSSR count). The average molecular weight is 462 g/mol. The van der Waals surface area contributed by atoms with E-state index in [1.165, 1.54) is 0 Å². The third-order valence-corrected chi connectivity index (χ3v) is 4.68. The molecule has 34 heavy (non-hydrogen) atoms. The van der Waals surface area contributed by atoms with Crippen LogP contribution in [0.1, 0.15) is 40.5 Å². The van der Waals surface area contributed by atoms with Crippen LogP contribution in [0.2, 0.25) is 0 Å². The Hall–Kier alpha value is -4.33. The fourth-order valence-electron chi connectivity index (χ4n) is 2.95. The Kier molecular flexibility index (Phi) is 9.04. The highest BCUT2D eigenvalue weighted by Crippen LogP contribution is 2.13. The highest BCUT2D eigenvalue weighted by Gasteiger charge is 2.10. The van der Waals surface area contributed by atoms with Crippen LogP contribution in [-0.2, 0) is 4.79 Å². The van der Waals surface area contributed by atoms with Gasteiger partial charge in [0, 0.05) is 23.2 Å². The number of amides is 3. The van der Waals surface area contributed by atoms with Crippen LogP contribution in [0.5, 0.6) is 11.5 Å². The normalized spacial score (nSPS) is 10.1. The molecule has 0 spiro atoms. The Balaban J connectivity index is 1.41. The first-order chi connectivity index (χ1) is 16.5. The molecule has 3 amide bonds. The number of hydrazine groups is 1. The van der Waals surface area contributed by atoms with Crippen molar-refractivity contribution in [2.24, 2.45) is 0 Å². The van der Waals surface area contributed by atoms with Gasteiger partial charge >= 0.3 is 0 Å². The summed E-state index contributed by atoms with van der Waals surface area (Å²) < 4.78 is 11.2. The lowest BCUT2D eigenvalue weighted by atomic mass is 10.2. The highest BCUT2D eigenvalue weighted by atomic mass is 16.5. The summed E-state index contributed by atoms with van der Waals surface area (Å²) in [6.45, 7) is 2.68. The summed E-state index contributed by atoms with van der Waals surface area (Å²) >= 11 is 0. The third kappa shape index (κ3) is 7.67. The number of ether oxygens (including phenoxy) is 2. The van der Waals surface area contributed by atoms with Crippen LogP contribution < -0.4 is 25.6 Å². The second kappa shape index (κ2) is 12.6.